The van der Waals surface area contributed by atoms with Crippen LogP contribution in [0.5, 0.6) is 0 Å². The maximum absolute atomic E-state index is 12.4. The molecule has 0 aromatic rings. The number of aliphatic hydroxyl groups is 2. The van der Waals surface area contributed by atoms with Gasteiger partial charge in [-0.2, -0.15) is 0 Å². The molecule has 55 heavy (non-hydrogen) atoms. The minimum atomic E-state index is -0.677. The Labute approximate surface area is 341 Å². The molecule has 0 aliphatic heterocycles. The van der Waals surface area contributed by atoms with Gasteiger partial charge in [0.2, 0.25) is 5.91 Å². The first-order chi connectivity index (χ1) is 27.0. The third-order valence-corrected chi connectivity index (χ3v) is 11.0. The highest BCUT2D eigenvalue weighted by atomic mass is 16.5. The summed E-state index contributed by atoms with van der Waals surface area (Å²) in [5.41, 5.74) is 0. The lowest BCUT2D eigenvalue weighted by Gasteiger charge is -2.22. The van der Waals surface area contributed by atoms with Crippen LogP contribution in [0.1, 0.15) is 251 Å². The molecule has 0 aliphatic rings. The summed E-state index contributed by atoms with van der Waals surface area (Å²) in [5.74, 6) is -0.0872. The van der Waals surface area contributed by atoms with Crippen LogP contribution in [0.25, 0.3) is 0 Å². The average molecular weight is 776 g/mol. The summed E-state index contributed by atoms with van der Waals surface area (Å²) in [6.45, 7) is 4.86. The summed E-state index contributed by atoms with van der Waals surface area (Å²) >= 11 is 0. The first-order valence-corrected chi connectivity index (χ1v) is 24.1. The Balaban J connectivity index is 3.47. The van der Waals surface area contributed by atoms with Gasteiger partial charge in [0.1, 0.15) is 0 Å². The molecule has 6 nitrogen and oxygen atoms in total. The number of amides is 1. The van der Waals surface area contributed by atoms with E-state index < -0.39 is 12.1 Å². The maximum atomic E-state index is 12.4. The van der Waals surface area contributed by atoms with Crippen LogP contribution < -0.4 is 5.32 Å². The van der Waals surface area contributed by atoms with Gasteiger partial charge in [-0.15, -0.1) is 0 Å². The topological polar surface area (TPSA) is 95.9 Å². The SMILES string of the molecule is CCCCC/C=C\C/C=C\CCCCCCCCCC(=O)OCCCCCCCCCCCCC(=O)NC(CO)C(O)CCCCCCCCCCCCC. The zero-order valence-corrected chi connectivity index (χ0v) is 36.7. The first-order valence-electron chi connectivity index (χ1n) is 24.1. The number of nitrogens with one attached hydrogen (secondary N) is 1. The van der Waals surface area contributed by atoms with E-state index in [1.807, 2.05) is 0 Å². The molecule has 0 spiro atoms. The second kappa shape index (κ2) is 45.0. The fourth-order valence-corrected chi connectivity index (χ4v) is 7.26. The third-order valence-electron chi connectivity index (χ3n) is 11.0. The fourth-order valence-electron chi connectivity index (χ4n) is 7.26. The van der Waals surface area contributed by atoms with Crippen LogP contribution in [0.2, 0.25) is 0 Å². The minimum Gasteiger partial charge on any atom is -0.466 e. The highest BCUT2D eigenvalue weighted by Crippen LogP contribution is 2.15. The van der Waals surface area contributed by atoms with Crippen molar-refractivity contribution in [3.05, 3.63) is 24.3 Å². The molecule has 0 radical (unpaired) electrons. The first kappa shape index (κ1) is 53.3. The number of allylic oxidation sites excluding steroid dienone is 4. The molecule has 1 amide bonds. The van der Waals surface area contributed by atoms with Crippen LogP contribution >= 0.6 is 0 Å². The van der Waals surface area contributed by atoms with Gasteiger partial charge in [-0.1, -0.05) is 205 Å². The van der Waals surface area contributed by atoms with E-state index in [-0.39, 0.29) is 18.5 Å². The van der Waals surface area contributed by atoms with E-state index in [0.717, 1.165) is 64.2 Å². The highest BCUT2D eigenvalue weighted by molar-refractivity contribution is 5.76. The van der Waals surface area contributed by atoms with Gasteiger partial charge in [-0.3, -0.25) is 9.59 Å². The quantitative estimate of drug-likeness (QED) is 0.0325. The number of aliphatic hydroxyl groups excluding tert-OH is 2. The Bertz CT molecular complexity index is 858. The lowest BCUT2D eigenvalue weighted by atomic mass is 10.0. The predicted octanol–water partition coefficient (Wildman–Crippen LogP) is 14.0. The van der Waals surface area contributed by atoms with Crippen LogP contribution in [0.4, 0.5) is 0 Å². The van der Waals surface area contributed by atoms with Gasteiger partial charge < -0.3 is 20.3 Å². The summed E-state index contributed by atoms with van der Waals surface area (Å²) in [7, 11) is 0. The van der Waals surface area contributed by atoms with Gasteiger partial charge in [0.05, 0.1) is 25.4 Å². The standard InChI is InChI=1S/C49H93NO5/c1-3-5-7-9-11-13-15-16-17-18-19-20-22-27-31-35-39-43-49(54)55-44-40-36-32-28-24-23-26-30-34-38-42-48(53)50-46(45-51)47(52)41-37-33-29-25-21-14-12-10-8-6-4-2/h11,13,16-17,46-47,51-52H,3-10,12,14-15,18-45H2,1-2H3,(H,50,53)/b13-11-,17-16-. The van der Waals surface area contributed by atoms with Crippen molar-refractivity contribution in [2.75, 3.05) is 13.2 Å². The number of esters is 1. The Morgan fingerprint density at radius 2 is 0.909 bits per heavy atom. The summed E-state index contributed by atoms with van der Waals surface area (Å²) in [6, 6.07) is -0.557. The molecule has 2 unspecified atom stereocenters. The molecule has 6 heteroatoms. The van der Waals surface area contributed by atoms with E-state index in [0.29, 0.717) is 25.9 Å². The number of rotatable bonds is 44. The lowest BCUT2D eigenvalue weighted by Crippen LogP contribution is -2.45. The Kier molecular flexibility index (Phi) is 43.7. The van der Waals surface area contributed by atoms with E-state index in [9.17, 15) is 19.8 Å². The van der Waals surface area contributed by atoms with E-state index in [4.69, 9.17) is 4.74 Å². The monoisotopic (exact) mass is 776 g/mol. The molecular formula is C49H93NO5. The molecular weight excluding hydrogens is 683 g/mol. The zero-order chi connectivity index (χ0) is 40.1. The third kappa shape index (κ3) is 41.8. The average Bonchev–Trinajstić information content (AvgIpc) is 3.18. The number of hydrogen-bond acceptors (Lipinski definition) is 5. The van der Waals surface area contributed by atoms with E-state index in [1.165, 1.54) is 154 Å². The molecule has 2 atom stereocenters. The number of unbranched alkanes of at least 4 members (excludes halogenated alkanes) is 29. The van der Waals surface area contributed by atoms with Crippen LogP contribution in [0.15, 0.2) is 24.3 Å². The fraction of sp³-hybridized carbons (Fsp3) is 0.878. The van der Waals surface area contributed by atoms with E-state index in [1.54, 1.807) is 0 Å². The molecule has 324 valence electrons. The molecule has 0 bridgehead atoms. The minimum absolute atomic E-state index is 0.0271. The molecule has 0 saturated heterocycles. The Morgan fingerprint density at radius 1 is 0.509 bits per heavy atom. The summed E-state index contributed by atoms with van der Waals surface area (Å²) < 4.78 is 5.45. The zero-order valence-electron chi connectivity index (χ0n) is 36.7. The summed E-state index contributed by atoms with van der Waals surface area (Å²) in [6.07, 6.45) is 51.3. The molecule has 0 aromatic carbocycles. The van der Waals surface area contributed by atoms with Crippen molar-refractivity contribution < 1.29 is 24.5 Å². The van der Waals surface area contributed by atoms with Crippen molar-refractivity contribution in [1.29, 1.82) is 0 Å². The second-order valence-electron chi connectivity index (χ2n) is 16.4. The predicted molar refractivity (Wildman–Crippen MR) is 236 cm³/mol. The van der Waals surface area contributed by atoms with E-state index >= 15 is 0 Å². The van der Waals surface area contributed by atoms with Crippen molar-refractivity contribution in [3.63, 3.8) is 0 Å². The molecule has 0 fully saturated rings. The van der Waals surface area contributed by atoms with Gasteiger partial charge in [-0.25, -0.2) is 0 Å². The molecule has 0 rings (SSSR count). The number of carbonyl (C=O) groups is 2. The van der Waals surface area contributed by atoms with Crippen molar-refractivity contribution in [3.8, 4) is 0 Å². The van der Waals surface area contributed by atoms with Crippen LogP contribution in [0.3, 0.4) is 0 Å². The maximum Gasteiger partial charge on any atom is 0.305 e. The number of ether oxygens (including phenoxy) is 1. The van der Waals surface area contributed by atoms with Crippen molar-refractivity contribution >= 4 is 11.9 Å². The Hall–Kier alpha value is -1.66. The molecule has 0 aliphatic carbocycles. The normalized spacial score (nSPS) is 12.9. The molecule has 3 N–H and O–H groups in total. The van der Waals surface area contributed by atoms with Crippen LogP contribution in [0, 0.1) is 0 Å². The van der Waals surface area contributed by atoms with Crippen molar-refractivity contribution in [2.45, 2.75) is 264 Å². The summed E-state index contributed by atoms with van der Waals surface area (Å²) in [5, 5.41) is 23.1. The van der Waals surface area contributed by atoms with Crippen LogP contribution in [-0.2, 0) is 14.3 Å². The second-order valence-corrected chi connectivity index (χ2v) is 16.4. The van der Waals surface area contributed by atoms with Gasteiger partial charge in [0, 0.05) is 12.8 Å². The summed E-state index contributed by atoms with van der Waals surface area (Å²) in [4.78, 5) is 24.4. The molecule has 0 aromatic heterocycles. The van der Waals surface area contributed by atoms with Gasteiger partial charge in [-0.05, 0) is 57.8 Å². The number of carbonyl (C=O) groups excluding carboxylic acids is 2. The van der Waals surface area contributed by atoms with E-state index in [2.05, 4.69) is 43.5 Å². The highest BCUT2D eigenvalue weighted by Gasteiger charge is 2.20. The lowest BCUT2D eigenvalue weighted by molar-refractivity contribution is -0.143. The van der Waals surface area contributed by atoms with Gasteiger partial charge >= 0.3 is 5.97 Å². The largest absolute Gasteiger partial charge is 0.466 e. The van der Waals surface area contributed by atoms with Crippen molar-refractivity contribution in [2.24, 2.45) is 0 Å². The number of hydrogen-bond donors (Lipinski definition) is 3. The van der Waals surface area contributed by atoms with Crippen molar-refractivity contribution in [1.82, 2.24) is 5.32 Å². The van der Waals surface area contributed by atoms with Crippen LogP contribution in [-0.4, -0.2) is 47.4 Å². The van der Waals surface area contributed by atoms with Gasteiger partial charge in [0.15, 0.2) is 0 Å². The molecule has 0 saturated carbocycles. The smallest absolute Gasteiger partial charge is 0.305 e. The van der Waals surface area contributed by atoms with Gasteiger partial charge in [0.25, 0.3) is 0 Å². The molecule has 0 heterocycles. The Morgan fingerprint density at radius 3 is 1.42 bits per heavy atom.